The van der Waals surface area contributed by atoms with Crippen molar-refractivity contribution in [3.8, 4) is 10.6 Å². The molecule has 4 heterocycles. The summed E-state index contributed by atoms with van der Waals surface area (Å²) in [7, 11) is 0. The molecule has 1 N–H and O–H groups in total. The highest BCUT2D eigenvalue weighted by Crippen LogP contribution is 2.33. The van der Waals surface area contributed by atoms with Gasteiger partial charge in [0.1, 0.15) is 0 Å². The van der Waals surface area contributed by atoms with Gasteiger partial charge < -0.3 is 5.32 Å². The second kappa shape index (κ2) is 8.41. The number of anilines is 1. The third-order valence-corrected chi connectivity index (χ3v) is 6.10. The monoisotopic (exact) mass is 482 g/mol. The molecule has 0 fully saturated rings. The van der Waals surface area contributed by atoms with Gasteiger partial charge in [-0.25, -0.2) is 9.50 Å². The third-order valence-electron chi connectivity index (χ3n) is 5.21. The van der Waals surface area contributed by atoms with E-state index in [9.17, 15) is 18.0 Å². The minimum absolute atomic E-state index is 0.0707. The van der Waals surface area contributed by atoms with Crippen molar-refractivity contribution < 1.29 is 18.0 Å². The van der Waals surface area contributed by atoms with Crippen molar-refractivity contribution in [3.63, 3.8) is 0 Å². The first kappa shape index (κ1) is 21.8. The summed E-state index contributed by atoms with van der Waals surface area (Å²) in [4.78, 5) is 17.6. The van der Waals surface area contributed by atoms with Crippen LogP contribution in [0, 0.1) is 6.92 Å². The number of nitrogens with one attached hydrogen (secondary N) is 1. The summed E-state index contributed by atoms with van der Waals surface area (Å²) in [5, 5.41) is 12.5. The Morgan fingerprint density at radius 1 is 1.15 bits per heavy atom. The zero-order valence-corrected chi connectivity index (χ0v) is 18.6. The molecule has 4 aromatic heterocycles. The van der Waals surface area contributed by atoms with E-state index in [0.717, 1.165) is 17.2 Å². The van der Waals surface area contributed by atoms with Crippen LogP contribution in [0.2, 0.25) is 0 Å². The minimum atomic E-state index is -4.68. The third kappa shape index (κ3) is 4.29. The SMILES string of the molecule is Cc1ccccc1Cn1cc(NC(=O)c2cc3nc(-c4cccs4)cc(C(F)(F)F)n3n2)cn1. The lowest BCUT2D eigenvalue weighted by atomic mass is 10.1. The molecule has 34 heavy (non-hydrogen) atoms. The zero-order valence-electron chi connectivity index (χ0n) is 17.7. The Kier molecular flexibility index (Phi) is 5.40. The Morgan fingerprint density at radius 2 is 1.97 bits per heavy atom. The number of hydrogen-bond acceptors (Lipinski definition) is 5. The smallest absolute Gasteiger partial charge is 0.318 e. The number of nitrogens with zero attached hydrogens (tertiary/aromatic N) is 5. The molecule has 0 radical (unpaired) electrons. The Bertz CT molecular complexity index is 1490. The lowest BCUT2D eigenvalue weighted by Gasteiger charge is -2.10. The van der Waals surface area contributed by atoms with Gasteiger partial charge in [-0.2, -0.15) is 23.4 Å². The number of amides is 1. The number of alkyl halides is 3. The topological polar surface area (TPSA) is 77.1 Å². The van der Waals surface area contributed by atoms with E-state index in [-0.39, 0.29) is 17.0 Å². The Labute approximate surface area is 195 Å². The number of halogens is 3. The number of aryl methyl sites for hydroxylation is 1. The highest BCUT2D eigenvalue weighted by atomic mass is 32.1. The first-order chi connectivity index (χ1) is 16.3. The zero-order chi connectivity index (χ0) is 23.9. The van der Waals surface area contributed by atoms with Crippen molar-refractivity contribution in [2.45, 2.75) is 19.6 Å². The van der Waals surface area contributed by atoms with Crippen LogP contribution in [-0.4, -0.2) is 30.3 Å². The van der Waals surface area contributed by atoms with Crippen molar-refractivity contribution >= 4 is 28.6 Å². The minimum Gasteiger partial charge on any atom is -0.318 e. The van der Waals surface area contributed by atoms with Gasteiger partial charge in [0.2, 0.25) is 0 Å². The molecule has 7 nitrogen and oxygen atoms in total. The predicted octanol–water partition coefficient (Wildman–Crippen LogP) is 5.28. The molecule has 0 aliphatic rings. The molecule has 0 aliphatic carbocycles. The van der Waals surface area contributed by atoms with Crippen LogP contribution in [0.4, 0.5) is 18.9 Å². The van der Waals surface area contributed by atoms with Crippen molar-refractivity contribution in [1.82, 2.24) is 24.4 Å². The van der Waals surface area contributed by atoms with Crippen LogP contribution in [0.3, 0.4) is 0 Å². The molecule has 172 valence electrons. The van der Waals surface area contributed by atoms with Gasteiger partial charge in [0.05, 0.1) is 29.0 Å². The molecule has 0 bridgehead atoms. The number of rotatable bonds is 5. The Hall–Kier alpha value is -3.99. The Morgan fingerprint density at radius 3 is 2.71 bits per heavy atom. The molecule has 5 rings (SSSR count). The highest BCUT2D eigenvalue weighted by molar-refractivity contribution is 7.13. The summed E-state index contributed by atoms with van der Waals surface area (Å²) in [6, 6.07) is 13.5. The van der Waals surface area contributed by atoms with E-state index in [0.29, 0.717) is 21.6 Å². The average Bonchev–Trinajstić information content (AvgIpc) is 3.54. The van der Waals surface area contributed by atoms with E-state index in [2.05, 4.69) is 20.5 Å². The maximum atomic E-state index is 13.7. The molecule has 1 amide bonds. The molecule has 0 saturated carbocycles. The lowest BCUT2D eigenvalue weighted by Crippen LogP contribution is -2.15. The molecule has 0 spiro atoms. The van der Waals surface area contributed by atoms with Gasteiger partial charge in [-0.05, 0) is 35.6 Å². The number of benzene rings is 1. The molecule has 0 saturated heterocycles. The van der Waals surface area contributed by atoms with Crippen molar-refractivity contribution in [2.75, 3.05) is 5.32 Å². The van der Waals surface area contributed by atoms with E-state index in [4.69, 9.17) is 0 Å². The van der Waals surface area contributed by atoms with E-state index >= 15 is 0 Å². The molecule has 5 aromatic rings. The largest absolute Gasteiger partial charge is 0.433 e. The van der Waals surface area contributed by atoms with Crippen LogP contribution in [-0.2, 0) is 12.7 Å². The fraction of sp³-hybridized carbons (Fsp3) is 0.130. The number of thiophene rings is 1. The first-order valence-electron chi connectivity index (χ1n) is 10.2. The van der Waals surface area contributed by atoms with Crippen molar-refractivity contribution in [3.05, 3.63) is 88.8 Å². The van der Waals surface area contributed by atoms with Crippen LogP contribution >= 0.6 is 11.3 Å². The van der Waals surface area contributed by atoms with E-state index < -0.39 is 17.8 Å². The summed E-state index contributed by atoms with van der Waals surface area (Å²) >= 11 is 1.27. The molecule has 1 aromatic carbocycles. The normalized spacial score (nSPS) is 11.8. The average molecular weight is 482 g/mol. The summed E-state index contributed by atoms with van der Waals surface area (Å²) in [6.45, 7) is 2.51. The first-order valence-corrected chi connectivity index (χ1v) is 11.1. The summed E-state index contributed by atoms with van der Waals surface area (Å²) in [5.41, 5.74) is 1.50. The number of hydrogen-bond donors (Lipinski definition) is 1. The molecule has 0 atom stereocenters. The fourth-order valence-electron chi connectivity index (χ4n) is 3.51. The summed E-state index contributed by atoms with van der Waals surface area (Å²) in [5.74, 6) is -0.660. The molecule has 0 unspecified atom stereocenters. The quantitative estimate of drug-likeness (QED) is 0.370. The molecule has 11 heteroatoms. The highest BCUT2D eigenvalue weighted by Gasteiger charge is 2.35. The molecule has 0 aliphatic heterocycles. The van der Waals surface area contributed by atoms with Crippen LogP contribution in [0.1, 0.15) is 27.3 Å². The number of carbonyl (C=O) groups excluding carboxylic acids is 1. The lowest BCUT2D eigenvalue weighted by molar-refractivity contribution is -0.142. The van der Waals surface area contributed by atoms with Crippen molar-refractivity contribution in [1.29, 1.82) is 0 Å². The number of fused-ring (bicyclic) bond motifs is 1. The van der Waals surface area contributed by atoms with E-state index in [1.807, 2.05) is 31.2 Å². The van der Waals surface area contributed by atoms with Crippen LogP contribution in [0.25, 0.3) is 16.2 Å². The van der Waals surface area contributed by atoms with Gasteiger partial charge >= 0.3 is 6.18 Å². The molecular weight excluding hydrogens is 465 g/mol. The van der Waals surface area contributed by atoms with Gasteiger partial charge in [0.15, 0.2) is 17.0 Å². The number of carbonyl (C=O) groups is 1. The van der Waals surface area contributed by atoms with Crippen LogP contribution in [0.5, 0.6) is 0 Å². The maximum absolute atomic E-state index is 13.7. The predicted molar refractivity (Wildman–Crippen MR) is 122 cm³/mol. The van der Waals surface area contributed by atoms with E-state index in [1.165, 1.54) is 23.6 Å². The van der Waals surface area contributed by atoms with Gasteiger partial charge in [0.25, 0.3) is 5.91 Å². The van der Waals surface area contributed by atoms with Crippen LogP contribution in [0.15, 0.2) is 66.3 Å². The fourth-order valence-corrected chi connectivity index (χ4v) is 4.20. The molecular formula is C23H17F3N6OS. The second-order valence-electron chi connectivity index (χ2n) is 7.61. The van der Waals surface area contributed by atoms with Crippen LogP contribution < -0.4 is 5.32 Å². The Balaban J connectivity index is 1.42. The summed E-state index contributed by atoms with van der Waals surface area (Å²) < 4.78 is 43.4. The van der Waals surface area contributed by atoms with Gasteiger partial charge in [-0.3, -0.25) is 9.48 Å². The standard InChI is InChI=1S/C23H17F3N6OS/c1-14-5-2-3-6-15(14)12-31-13-16(11-27-31)28-22(33)18-10-21-29-17(19-7-4-8-34-19)9-20(23(24,25)26)32(21)30-18/h2-11,13H,12H2,1H3,(H,28,33). The maximum Gasteiger partial charge on any atom is 0.433 e. The van der Waals surface area contributed by atoms with E-state index in [1.54, 1.807) is 28.4 Å². The van der Waals surface area contributed by atoms with Gasteiger partial charge in [-0.15, -0.1) is 11.3 Å². The van der Waals surface area contributed by atoms with Crippen molar-refractivity contribution in [2.24, 2.45) is 0 Å². The second-order valence-corrected chi connectivity index (χ2v) is 8.56. The van der Waals surface area contributed by atoms with Gasteiger partial charge in [-0.1, -0.05) is 30.3 Å². The summed E-state index contributed by atoms with van der Waals surface area (Å²) in [6.07, 6.45) is -1.56. The van der Waals surface area contributed by atoms with Gasteiger partial charge in [0, 0.05) is 12.3 Å². The number of aromatic nitrogens is 5.